The molecule has 0 aliphatic heterocycles. The van der Waals surface area contributed by atoms with E-state index in [-0.39, 0.29) is 0 Å². The number of thioether (sulfide) groups is 1. The van der Waals surface area contributed by atoms with Crippen LogP contribution in [0.1, 0.15) is 11.1 Å². The van der Waals surface area contributed by atoms with E-state index in [1.54, 1.807) is 18.9 Å². The van der Waals surface area contributed by atoms with Gasteiger partial charge in [0.05, 0.1) is 7.11 Å². The van der Waals surface area contributed by atoms with E-state index in [1.165, 1.54) is 11.1 Å². The van der Waals surface area contributed by atoms with Crippen molar-refractivity contribution in [1.82, 2.24) is 14.8 Å². The SMILES string of the molecule is COc1cccc(-c2nnc(SCc3ccccc3C)n2C)c1. The molecule has 4 nitrogen and oxygen atoms in total. The molecule has 3 aromatic rings. The molecule has 1 heterocycles. The average molecular weight is 325 g/mol. The molecule has 3 rings (SSSR count). The largest absolute Gasteiger partial charge is 0.497 e. The molecule has 2 aromatic carbocycles. The van der Waals surface area contributed by atoms with Gasteiger partial charge in [0.15, 0.2) is 11.0 Å². The summed E-state index contributed by atoms with van der Waals surface area (Å²) in [6.07, 6.45) is 0. The number of hydrogen-bond donors (Lipinski definition) is 0. The van der Waals surface area contributed by atoms with Crippen molar-refractivity contribution in [3.05, 3.63) is 59.7 Å². The molecule has 0 atom stereocenters. The Morgan fingerprint density at radius 3 is 2.70 bits per heavy atom. The number of aryl methyl sites for hydroxylation is 1. The zero-order valence-corrected chi connectivity index (χ0v) is 14.3. The molecule has 0 aliphatic carbocycles. The summed E-state index contributed by atoms with van der Waals surface area (Å²) in [5.41, 5.74) is 3.63. The number of aromatic nitrogens is 3. The summed E-state index contributed by atoms with van der Waals surface area (Å²) < 4.78 is 7.30. The molecule has 0 spiro atoms. The number of benzene rings is 2. The highest BCUT2D eigenvalue weighted by Crippen LogP contribution is 2.27. The maximum absolute atomic E-state index is 5.28. The maximum atomic E-state index is 5.28. The Morgan fingerprint density at radius 2 is 1.91 bits per heavy atom. The quantitative estimate of drug-likeness (QED) is 0.662. The van der Waals surface area contributed by atoms with E-state index in [9.17, 15) is 0 Å². The third-order valence-electron chi connectivity index (χ3n) is 3.78. The van der Waals surface area contributed by atoms with Gasteiger partial charge < -0.3 is 9.30 Å². The van der Waals surface area contributed by atoms with Gasteiger partial charge in [-0.3, -0.25) is 0 Å². The van der Waals surface area contributed by atoms with Crippen molar-refractivity contribution >= 4 is 11.8 Å². The van der Waals surface area contributed by atoms with Gasteiger partial charge >= 0.3 is 0 Å². The van der Waals surface area contributed by atoms with Crippen LogP contribution in [0.2, 0.25) is 0 Å². The molecule has 0 saturated heterocycles. The van der Waals surface area contributed by atoms with Gasteiger partial charge in [-0.15, -0.1) is 10.2 Å². The van der Waals surface area contributed by atoms with E-state index in [0.717, 1.165) is 28.0 Å². The van der Waals surface area contributed by atoms with Crippen LogP contribution in [-0.2, 0) is 12.8 Å². The summed E-state index contributed by atoms with van der Waals surface area (Å²) >= 11 is 1.70. The molecule has 0 aliphatic rings. The molecule has 0 fully saturated rings. The van der Waals surface area contributed by atoms with Crippen molar-refractivity contribution in [1.29, 1.82) is 0 Å². The zero-order chi connectivity index (χ0) is 16.2. The first-order valence-corrected chi connectivity index (χ1v) is 8.38. The lowest BCUT2D eigenvalue weighted by Gasteiger charge is -2.07. The van der Waals surface area contributed by atoms with Gasteiger partial charge in [-0.1, -0.05) is 48.2 Å². The first-order chi connectivity index (χ1) is 11.2. The Bertz CT molecular complexity index is 814. The summed E-state index contributed by atoms with van der Waals surface area (Å²) in [5, 5.41) is 9.57. The molecule has 0 radical (unpaired) electrons. The first kappa shape index (κ1) is 15.6. The molecular weight excluding hydrogens is 306 g/mol. The Hall–Kier alpha value is -2.27. The van der Waals surface area contributed by atoms with E-state index < -0.39 is 0 Å². The van der Waals surface area contributed by atoms with Crippen LogP contribution in [-0.4, -0.2) is 21.9 Å². The summed E-state index contributed by atoms with van der Waals surface area (Å²) in [6.45, 7) is 2.13. The lowest BCUT2D eigenvalue weighted by Crippen LogP contribution is -1.96. The van der Waals surface area contributed by atoms with Crippen LogP contribution in [0.25, 0.3) is 11.4 Å². The fourth-order valence-corrected chi connectivity index (χ4v) is 3.36. The predicted molar refractivity (Wildman–Crippen MR) is 93.7 cm³/mol. The predicted octanol–water partition coefficient (Wildman–Crippen LogP) is 4.09. The Morgan fingerprint density at radius 1 is 1.09 bits per heavy atom. The van der Waals surface area contributed by atoms with Crippen molar-refractivity contribution in [3.63, 3.8) is 0 Å². The third kappa shape index (κ3) is 3.40. The first-order valence-electron chi connectivity index (χ1n) is 7.40. The van der Waals surface area contributed by atoms with Crippen LogP contribution in [0, 0.1) is 6.92 Å². The second-order valence-electron chi connectivity index (χ2n) is 5.31. The molecule has 1 aromatic heterocycles. The Kier molecular flexibility index (Phi) is 4.67. The number of hydrogen-bond acceptors (Lipinski definition) is 4. The topological polar surface area (TPSA) is 39.9 Å². The van der Waals surface area contributed by atoms with Gasteiger partial charge in [-0.2, -0.15) is 0 Å². The minimum absolute atomic E-state index is 0.819. The van der Waals surface area contributed by atoms with Gasteiger partial charge in [0, 0.05) is 18.4 Å². The molecule has 0 amide bonds. The molecule has 0 saturated carbocycles. The summed E-state index contributed by atoms with van der Waals surface area (Å²) in [4.78, 5) is 0. The highest BCUT2D eigenvalue weighted by atomic mass is 32.2. The van der Waals surface area contributed by atoms with Crippen molar-refractivity contribution < 1.29 is 4.74 Å². The van der Waals surface area contributed by atoms with Crippen LogP contribution in [0.15, 0.2) is 53.7 Å². The van der Waals surface area contributed by atoms with Crippen molar-refractivity contribution in [2.75, 3.05) is 7.11 Å². The van der Waals surface area contributed by atoms with E-state index in [2.05, 4.69) is 41.4 Å². The van der Waals surface area contributed by atoms with Gasteiger partial charge in [0.1, 0.15) is 5.75 Å². The zero-order valence-electron chi connectivity index (χ0n) is 13.5. The fourth-order valence-electron chi connectivity index (χ4n) is 2.37. The maximum Gasteiger partial charge on any atom is 0.191 e. The summed E-state index contributed by atoms with van der Waals surface area (Å²) in [7, 11) is 3.66. The van der Waals surface area contributed by atoms with Gasteiger partial charge in [0.2, 0.25) is 0 Å². The Labute approximate surface area is 140 Å². The van der Waals surface area contributed by atoms with E-state index in [0.29, 0.717) is 0 Å². The van der Waals surface area contributed by atoms with Crippen LogP contribution < -0.4 is 4.74 Å². The highest BCUT2D eigenvalue weighted by Gasteiger charge is 2.12. The third-order valence-corrected chi connectivity index (χ3v) is 4.85. The molecule has 118 valence electrons. The van der Waals surface area contributed by atoms with E-state index in [1.807, 2.05) is 35.9 Å². The average Bonchev–Trinajstić information content (AvgIpc) is 2.95. The second-order valence-corrected chi connectivity index (χ2v) is 6.25. The molecule has 23 heavy (non-hydrogen) atoms. The van der Waals surface area contributed by atoms with Gasteiger partial charge in [-0.25, -0.2) is 0 Å². The van der Waals surface area contributed by atoms with Crippen molar-refractivity contribution in [2.24, 2.45) is 7.05 Å². The van der Waals surface area contributed by atoms with E-state index >= 15 is 0 Å². The molecule has 0 unspecified atom stereocenters. The van der Waals surface area contributed by atoms with E-state index in [4.69, 9.17) is 4.74 Å². The minimum Gasteiger partial charge on any atom is -0.497 e. The summed E-state index contributed by atoms with van der Waals surface area (Å²) in [5.74, 6) is 2.55. The normalized spacial score (nSPS) is 10.7. The number of methoxy groups -OCH3 is 1. The Balaban J connectivity index is 1.80. The monoisotopic (exact) mass is 325 g/mol. The number of rotatable bonds is 5. The lowest BCUT2D eigenvalue weighted by molar-refractivity contribution is 0.415. The van der Waals surface area contributed by atoms with Gasteiger partial charge in [0.25, 0.3) is 0 Å². The number of ether oxygens (including phenoxy) is 1. The van der Waals surface area contributed by atoms with Gasteiger partial charge in [-0.05, 0) is 30.2 Å². The van der Waals surface area contributed by atoms with Crippen LogP contribution in [0.5, 0.6) is 5.75 Å². The standard InChI is InChI=1S/C18H19N3OS/c1-13-7-4-5-8-15(13)12-23-18-20-19-17(21(18)2)14-9-6-10-16(11-14)22-3/h4-11H,12H2,1-3H3. The van der Waals surface area contributed by atoms with Crippen LogP contribution >= 0.6 is 11.8 Å². The molecular formula is C18H19N3OS. The minimum atomic E-state index is 0.819. The smallest absolute Gasteiger partial charge is 0.191 e. The van der Waals surface area contributed by atoms with Crippen LogP contribution in [0.4, 0.5) is 0 Å². The lowest BCUT2D eigenvalue weighted by atomic mass is 10.1. The van der Waals surface area contributed by atoms with Crippen molar-refractivity contribution in [2.45, 2.75) is 17.8 Å². The fraction of sp³-hybridized carbons (Fsp3) is 0.222. The highest BCUT2D eigenvalue weighted by molar-refractivity contribution is 7.98. The molecule has 0 N–H and O–H groups in total. The second kappa shape index (κ2) is 6.87. The number of nitrogens with zero attached hydrogens (tertiary/aromatic N) is 3. The van der Waals surface area contributed by atoms with Crippen LogP contribution in [0.3, 0.4) is 0 Å². The summed E-state index contributed by atoms with van der Waals surface area (Å²) in [6, 6.07) is 16.3. The van der Waals surface area contributed by atoms with Crippen molar-refractivity contribution in [3.8, 4) is 17.1 Å². The molecule has 5 heteroatoms. The molecule has 0 bridgehead atoms.